The zero-order valence-corrected chi connectivity index (χ0v) is 15.9. The van der Waals surface area contributed by atoms with E-state index in [1.165, 1.54) is 11.3 Å². The Hall–Kier alpha value is -3.33. The van der Waals surface area contributed by atoms with E-state index >= 15 is 0 Å². The number of carbonyl (C=O) groups is 2. The van der Waals surface area contributed by atoms with E-state index in [1.54, 1.807) is 30.3 Å². The van der Waals surface area contributed by atoms with E-state index in [-0.39, 0.29) is 11.9 Å². The van der Waals surface area contributed by atoms with Crippen LogP contribution in [0.3, 0.4) is 0 Å². The highest BCUT2D eigenvalue weighted by Gasteiger charge is 2.21. The summed E-state index contributed by atoms with van der Waals surface area (Å²) in [6.07, 6.45) is 1.91. The van der Waals surface area contributed by atoms with Gasteiger partial charge in [0.2, 0.25) is 0 Å². The molecule has 0 saturated carbocycles. The SMILES string of the molecule is N#Cc1ccc(C#Cc2cc(NC(N)=O)c(C(=O)NC3CCCNC3)s2)cc1. The molecule has 1 fully saturated rings. The van der Waals surface area contributed by atoms with Gasteiger partial charge in [-0.1, -0.05) is 11.8 Å². The molecule has 0 radical (unpaired) electrons. The van der Waals surface area contributed by atoms with E-state index in [1.807, 2.05) is 0 Å². The van der Waals surface area contributed by atoms with Crippen LogP contribution in [0, 0.1) is 23.2 Å². The molecule has 1 aliphatic rings. The van der Waals surface area contributed by atoms with Gasteiger partial charge in [0, 0.05) is 18.2 Å². The first-order valence-electron chi connectivity index (χ1n) is 8.79. The minimum absolute atomic E-state index is 0.0537. The van der Waals surface area contributed by atoms with Crippen LogP contribution >= 0.6 is 11.3 Å². The van der Waals surface area contributed by atoms with Crippen LogP contribution in [0.5, 0.6) is 0 Å². The number of benzene rings is 1. The fourth-order valence-corrected chi connectivity index (χ4v) is 3.70. The molecule has 0 bridgehead atoms. The van der Waals surface area contributed by atoms with Crippen molar-refractivity contribution in [2.24, 2.45) is 5.73 Å². The molecule has 1 atom stereocenters. The molecular weight excluding hydrogens is 374 g/mol. The third-order valence-electron chi connectivity index (χ3n) is 4.17. The zero-order valence-electron chi connectivity index (χ0n) is 15.0. The van der Waals surface area contributed by atoms with E-state index in [9.17, 15) is 9.59 Å². The Morgan fingerprint density at radius 2 is 1.96 bits per heavy atom. The van der Waals surface area contributed by atoms with Gasteiger partial charge in [0.25, 0.3) is 5.91 Å². The van der Waals surface area contributed by atoms with E-state index in [0.29, 0.717) is 21.0 Å². The molecule has 142 valence electrons. The number of thiophene rings is 1. The molecule has 7 nitrogen and oxygen atoms in total. The van der Waals surface area contributed by atoms with Crippen molar-refractivity contribution >= 4 is 29.0 Å². The van der Waals surface area contributed by atoms with Crippen LogP contribution in [0.25, 0.3) is 0 Å². The van der Waals surface area contributed by atoms with Crippen molar-refractivity contribution in [2.75, 3.05) is 18.4 Å². The van der Waals surface area contributed by atoms with Crippen molar-refractivity contribution in [3.05, 3.63) is 51.2 Å². The molecule has 1 aromatic heterocycles. The fourth-order valence-electron chi connectivity index (χ4n) is 2.83. The van der Waals surface area contributed by atoms with Crippen molar-refractivity contribution in [3.8, 4) is 17.9 Å². The molecule has 5 N–H and O–H groups in total. The highest BCUT2D eigenvalue weighted by molar-refractivity contribution is 7.15. The lowest BCUT2D eigenvalue weighted by Crippen LogP contribution is -2.45. The number of nitrogens with zero attached hydrogens (tertiary/aromatic N) is 1. The summed E-state index contributed by atoms with van der Waals surface area (Å²) in [4.78, 5) is 25.0. The maximum atomic E-state index is 12.7. The highest BCUT2D eigenvalue weighted by Crippen LogP contribution is 2.27. The van der Waals surface area contributed by atoms with Crippen molar-refractivity contribution in [2.45, 2.75) is 18.9 Å². The quantitative estimate of drug-likeness (QED) is 0.596. The van der Waals surface area contributed by atoms with Crippen molar-refractivity contribution in [1.82, 2.24) is 10.6 Å². The van der Waals surface area contributed by atoms with Gasteiger partial charge < -0.3 is 21.7 Å². The Balaban J connectivity index is 1.80. The molecule has 1 saturated heterocycles. The second kappa shape index (κ2) is 9.05. The number of nitrogens with one attached hydrogen (secondary N) is 3. The fraction of sp³-hybridized carbons (Fsp3) is 0.250. The van der Waals surface area contributed by atoms with Gasteiger partial charge in [0.1, 0.15) is 4.88 Å². The van der Waals surface area contributed by atoms with Crippen molar-refractivity contribution < 1.29 is 9.59 Å². The number of nitrogens with two attached hydrogens (primary N) is 1. The second-order valence-electron chi connectivity index (χ2n) is 6.30. The minimum Gasteiger partial charge on any atom is -0.351 e. The Labute approximate surface area is 166 Å². The van der Waals surface area contributed by atoms with Crippen LogP contribution in [0.2, 0.25) is 0 Å². The average Bonchev–Trinajstić information content (AvgIpc) is 3.09. The number of anilines is 1. The van der Waals surface area contributed by atoms with Crippen LogP contribution < -0.4 is 21.7 Å². The van der Waals surface area contributed by atoms with E-state index in [4.69, 9.17) is 11.0 Å². The molecule has 1 aromatic carbocycles. The number of hydrogen-bond donors (Lipinski definition) is 4. The molecule has 3 amide bonds. The largest absolute Gasteiger partial charge is 0.351 e. The number of carbonyl (C=O) groups excluding carboxylic acids is 2. The van der Waals surface area contributed by atoms with Gasteiger partial charge in [-0.3, -0.25) is 4.79 Å². The summed E-state index contributed by atoms with van der Waals surface area (Å²) in [6, 6.07) is 9.90. The van der Waals surface area contributed by atoms with Gasteiger partial charge in [0.15, 0.2) is 0 Å². The van der Waals surface area contributed by atoms with Gasteiger partial charge in [0.05, 0.1) is 22.2 Å². The van der Waals surface area contributed by atoms with Crippen LogP contribution in [0.15, 0.2) is 30.3 Å². The number of hydrogen-bond acceptors (Lipinski definition) is 5. The first kappa shape index (κ1) is 19.4. The van der Waals surface area contributed by atoms with Gasteiger partial charge in [-0.2, -0.15) is 5.26 Å². The third kappa shape index (κ3) is 5.10. The van der Waals surface area contributed by atoms with Crippen LogP contribution in [-0.2, 0) is 0 Å². The predicted molar refractivity (Wildman–Crippen MR) is 108 cm³/mol. The monoisotopic (exact) mass is 393 g/mol. The first-order chi connectivity index (χ1) is 13.5. The number of amides is 3. The van der Waals surface area contributed by atoms with Crippen molar-refractivity contribution in [3.63, 3.8) is 0 Å². The molecule has 2 aromatic rings. The lowest BCUT2D eigenvalue weighted by atomic mass is 10.1. The van der Waals surface area contributed by atoms with Crippen molar-refractivity contribution in [1.29, 1.82) is 5.26 Å². The summed E-state index contributed by atoms with van der Waals surface area (Å²) >= 11 is 1.20. The molecule has 0 aliphatic carbocycles. The van der Waals surface area contributed by atoms with E-state index < -0.39 is 6.03 Å². The molecule has 0 spiro atoms. The first-order valence-corrected chi connectivity index (χ1v) is 9.61. The average molecular weight is 393 g/mol. The Morgan fingerprint density at radius 1 is 1.21 bits per heavy atom. The zero-order chi connectivity index (χ0) is 19.9. The van der Waals surface area contributed by atoms with Crippen LogP contribution in [-0.4, -0.2) is 31.1 Å². The van der Waals surface area contributed by atoms with E-state index in [0.717, 1.165) is 31.5 Å². The van der Waals surface area contributed by atoms with Crippen LogP contribution in [0.1, 0.15) is 38.5 Å². The van der Waals surface area contributed by atoms with Gasteiger partial charge in [-0.25, -0.2) is 4.79 Å². The predicted octanol–water partition coefficient (Wildman–Crippen LogP) is 1.99. The normalized spacial score (nSPS) is 15.6. The molecule has 1 unspecified atom stereocenters. The minimum atomic E-state index is -0.738. The lowest BCUT2D eigenvalue weighted by Gasteiger charge is -2.23. The smallest absolute Gasteiger partial charge is 0.316 e. The van der Waals surface area contributed by atoms with Gasteiger partial charge in [-0.05, 0) is 49.7 Å². The van der Waals surface area contributed by atoms with Gasteiger partial charge >= 0.3 is 6.03 Å². The maximum Gasteiger partial charge on any atom is 0.316 e. The molecule has 1 aliphatic heterocycles. The number of piperidine rings is 1. The Kier molecular flexibility index (Phi) is 6.28. The molecule has 3 rings (SSSR count). The molecule has 28 heavy (non-hydrogen) atoms. The maximum absolute atomic E-state index is 12.7. The summed E-state index contributed by atoms with van der Waals surface area (Å²) in [6.45, 7) is 1.68. The molecular formula is C20H19N5O2S. The number of rotatable bonds is 3. The highest BCUT2D eigenvalue weighted by atomic mass is 32.1. The molecule has 8 heteroatoms. The lowest BCUT2D eigenvalue weighted by molar-refractivity contribution is 0.0935. The topological polar surface area (TPSA) is 120 Å². The van der Waals surface area contributed by atoms with E-state index in [2.05, 4.69) is 33.9 Å². The number of nitriles is 1. The number of urea groups is 1. The van der Waals surface area contributed by atoms with Gasteiger partial charge in [-0.15, -0.1) is 11.3 Å². The molecule has 2 heterocycles. The summed E-state index contributed by atoms with van der Waals surface area (Å²) in [5.41, 5.74) is 6.89. The Morgan fingerprint density at radius 3 is 2.61 bits per heavy atom. The summed E-state index contributed by atoms with van der Waals surface area (Å²) in [7, 11) is 0. The van der Waals surface area contributed by atoms with Crippen LogP contribution in [0.4, 0.5) is 10.5 Å². The number of primary amides is 1. The third-order valence-corrected chi connectivity index (χ3v) is 5.22. The summed E-state index contributed by atoms with van der Waals surface area (Å²) in [5, 5.41) is 17.6. The second-order valence-corrected chi connectivity index (χ2v) is 7.35. The summed E-state index contributed by atoms with van der Waals surface area (Å²) in [5.74, 6) is 5.73. The summed E-state index contributed by atoms with van der Waals surface area (Å²) < 4.78 is 0. The Bertz CT molecular complexity index is 973. The standard InChI is InChI=1S/C20H19N5O2S/c21-11-14-5-3-13(4-6-14)7-8-16-10-17(25-20(22)27)18(28-16)19(26)24-15-2-1-9-23-12-15/h3-6,10,15,23H,1-2,9,12H2,(H,24,26)(H3,22,25,27).